The Hall–Kier alpha value is -1.64. The first kappa shape index (κ1) is 9.45. The van der Waals surface area contributed by atoms with Gasteiger partial charge in [0, 0.05) is 11.9 Å². The third-order valence-electron chi connectivity index (χ3n) is 1.71. The van der Waals surface area contributed by atoms with Crippen LogP contribution in [0, 0.1) is 6.92 Å². The van der Waals surface area contributed by atoms with E-state index in [0.717, 1.165) is 16.9 Å². The van der Waals surface area contributed by atoms with Crippen molar-refractivity contribution in [2.45, 2.75) is 13.8 Å². The zero-order chi connectivity index (χ0) is 9.68. The Morgan fingerprint density at radius 3 is 2.85 bits per heavy atom. The standard InChI is InChI=1S/C10H12N2O/c1-3-11-9-5-4-8(2)10(6-9)12-7-13/h3-7H,1-2H3,(H,12,13). The number of aliphatic imine (C=N–C) groups is 1. The van der Waals surface area contributed by atoms with Crippen LogP contribution in [0.3, 0.4) is 0 Å². The van der Waals surface area contributed by atoms with Crippen LogP contribution in [0.2, 0.25) is 0 Å². The summed E-state index contributed by atoms with van der Waals surface area (Å²) in [6.45, 7) is 3.79. The lowest BCUT2D eigenvalue weighted by atomic mass is 10.2. The number of carbonyl (C=O) groups is 1. The van der Waals surface area contributed by atoms with Crippen molar-refractivity contribution in [2.24, 2.45) is 4.99 Å². The molecule has 1 N–H and O–H groups in total. The fraction of sp³-hybridized carbons (Fsp3) is 0.200. The molecule has 0 spiro atoms. The summed E-state index contributed by atoms with van der Waals surface area (Å²) >= 11 is 0. The number of benzene rings is 1. The zero-order valence-electron chi connectivity index (χ0n) is 7.74. The molecule has 1 aromatic carbocycles. The molecule has 0 saturated carbocycles. The maximum Gasteiger partial charge on any atom is 0.211 e. The molecule has 0 bridgehead atoms. The number of carbonyl (C=O) groups excluding carboxylic acids is 1. The number of anilines is 1. The average molecular weight is 176 g/mol. The van der Waals surface area contributed by atoms with Crippen molar-refractivity contribution in [1.29, 1.82) is 0 Å². The molecule has 1 aromatic rings. The summed E-state index contributed by atoms with van der Waals surface area (Å²) in [5.74, 6) is 0. The molecule has 1 rings (SSSR count). The van der Waals surface area contributed by atoms with E-state index >= 15 is 0 Å². The Bertz CT molecular complexity index is 332. The predicted octanol–water partition coefficient (Wildman–Crippen LogP) is 2.29. The number of rotatable bonds is 3. The minimum absolute atomic E-state index is 0.668. The summed E-state index contributed by atoms with van der Waals surface area (Å²) in [5, 5.41) is 2.62. The highest BCUT2D eigenvalue weighted by molar-refractivity contribution is 5.76. The molecular weight excluding hydrogens is 164 g/mol. The van der Waals surface area contributed by atoms with E-state index in [2.05, 4.69) is 10.3 Å². The first-order chi connectivity index (χ1) is 6.27. The highest BCUT2D eigenvalue weighted by Gasteiger charge is 1.97. The number of aryl methyl sites for hydroxylation is 1. The third kappa shape index (κ3) is 2.40. The average Bonchev–Trinajstić information content (AvgIpc) is 2.12. The van der Waals surface area contributed by atoms with E-state index in [9.17, 15) is 4.79 Å². The van der Waals surface area contributed by atoms with Crippen molar-refractivity contribution < 1.29 is 4.79 Å². The highest BCUT2D eigenvalue weighted by atomic mass is 16.1. The zero-order valence-corrected chi connectivity index (χ0v) is 7.74. The molecule has 0 unspecified atom stereocenters. The van der Waals surface area contributed by atoms with Crippen molar-refractivity contribution in [3.8, 4) is 0 Å². The smallest absolute Gasteiger partial charge is 0.211 e. The van der Waals surface area contributed by atoms with E-state index < -0.39 is 0 Å². The predicted molar refractivity (Wildman–Crippen MR) is 54.7 cm³/mol. The Kier molecular flexibility index (Phi) is 3.20. The van der Waals surface area contributed by atoms with Gasteiger partial charge in [-0.1, -0.05) is 6.07 Å². The van der Waals surface area contributed by atoms with Crippen LogP contribution in [0.1, 0.15) is 12.5 Å². The van der Waals surface area contributed by atoms with Crippen molar-refractivity contribution in [3.05, 3.63) is 23.8 Å². The Morgan fingerprint density at radius 2 is 2.23 bits per heavy atom. The summed E-state index contributed by atoms with van der Waals surface area (Å²) in [6, 6.07) is 5.67. The minimum atomic E-state index is 0.668. The number of nitrogens with one attached hydrogen (secondary N) is 1. The maximum atomic E-state index is 10.2. The number of amides is 1. The summed E-state index contributed by atoms with van der Waals surface area (Å²) in [6.07, 6.45) is 2.39. The molecule has 0 aromatic heterocycles. The minimum Gasteiger partial charge on any atom is -0.328 e. The highest BCUT2D eigenvalue weighted by Crippen LogP contribution is 2.21. The van der Waals surface area contributed by atoms with E-state index in [4.69, 9.17) is 0 Å². The fourth-order valence-corrected chi connectivity index (χ4v) is 1.06. The van der Waals surface area contributed by atoms with Crippen LogP contribution in [0.15, 0.2) is 23.2 Å². The topological polar surface area (TPSA) is 41.5 Å². The Balaban J connectivity index is 3.03. The van der Waals surface area contributed by atoms with E-state index in [1.165, 1.54) is 0 Å². The lowest BCUT2D eigenvalue weighted by Gasteiger charge is -2.03. The van der Waals surface area contributed by atoms with Gasteiger partial charge < -0.3 is 5.32 Å². The van der Waals surface area contributed by atoms with Gasteiger partial charge in [-0.2, -0.15) is 0 Å². The molecule has 0 atom stereocenters. The second-order valence-electron chi connectivity index (χ2n) is 2.65. The van der Waals surface area contributed by atoms with Gasteiger partial charge in [0.05, 0.1) is 5.69 Å². The second kappa shape index (κ2) is 4.40. The van der Waals surface area contributed by atoms with Crippen LogP contribution in [0.5, 0.6) is 0 Å². The maximum absolute atomic E-state index is 10.2. The normalized spacial score (nSPS) is 10.3. The summed E-state index contributed by atoms with van der Waals surface area (Å²) in [7, 11) is 0. The molecule has 0 radical (unpaired) electrons. The lowest BCUT2D eigenvalue weighted by molar-refractivity contribution is -0.105. The van der Waals surface area contributed by atoms with Gasteiger partial charge >= 0.3 is 0 Å². The van der Waals surface area contributed by atoms with E-state index in [-0.39, 0.29) is 0 Å². The van der Waals surface area contributed by atoms with Gasteiger partial charge in [-0.25, -0.2) is 0 Å². The molecule has 3 heteroatoms. The molecule has 1 amide bonds. The SMILES string of the molecule is CC=Nc1ccc(C)c(NC=O)c1. The monoisotopic (exact) mass is 176 g/mol. The summed E-state index contributed by atoms with van der Waals surface area (Å²) in [4.78, 5) is 14.4. The van der Waals surface area contributed by atoms with Crippen LogP contribution in [0.4, 0.5) is 11.4 Å². The van der Waals surface area contributed by atoms with Gasteiger partial charge in [0.25, 0.3) is 0 Å². The van der Waals surface area contributed by atoms with Crippen LogP contribution in [-0.2, 0) is 4.79 Å². The van der Waals surface area contributed by atoms with Gasteiger partial charge in [0.15, 0.2) is 0 Å². The van der Waals surface area contributed by atoms with Gasteiger partial charge in [-0.05, 0) is 31.5 Å². The number of nitrogens with zero attached hydrogens (tertiary/aromatic N) is 1. The molecule has 0 heterocycles. The second-order valence-corrected chi connectivity index (χ2v) is 2.65. The van der Waals surface area contributed by atoms with E-state index in [1.807, 2.05) is 32.0 Å². The van der Waals surface area contributed by atoms with E-state index in [0.29, 0.717) is 6.41 Å². The van der Waals surface area contributed by atoms with Gasteiger partial charge in [0.2, 0.25) is 6.41 Å². The molecule has 13 heavy (non-hydrogen) atoms. The van der Waals surface area contributed by atoms with Crippen LogP contribution in [0.25, 0.3) is 0 Å². The van der Waals surface area contributed by atoms with Crippen molar-refractivity contribution >= 4 is 24.0 Å². The van der Waals surface area contributed by atoms with Crippen LogP contribution >= 0.6 is 0 Å². The lowest BCUT2D eigenvalue weighted by Crippen LogP contribution is -1.95. The molecule has 0 saturated heterocycles. The fourth-order valence-electron chi connectivity index (χ4n) is 1.06. The van der Waals surface area contributed by atoms with Gasteiger partial charge in [0.1, 0.15) is 0 Å². The van der Waals surface area contributed by atoms with Crippen LogP contribution < -0.4 is 5.32 Å². The van der Waals surface area contributed by atoms with E-state index in [1.54, 1.807) is 6.21 Å². The first-order valence-electron chi connectivity index (χ1n) is 4.07. The summed E-state index contributed by atoms with van der Waals surface area (Å²) in [5.41, 5.74) is 2.68. The summed E-state index contributed by atoms with van der Waals surface area (Å²) < 4.78 is 0. The van der Waals surface area contributed by atoms with Crippen molar-refractivity contribution in [1.82, 2.24) is 0 Å². The van der Waals surface area contributed by atoms with Crippen molar-refractivity contribution in [3.63, 3.8) is 0 Å². The van der Waals surface area contributed by atoms with Crippen molar-refractivity contribution in [2.75, 3.05) is 5.32 Å². The first-order valence-corrected chi connectivity index (χ1v) is 4.07. The Labute approximate surface area is 77.5 Å². The molecule has 0 aliphatic carbocycles. The molecule has 0 aliphatic rings. The number of hydrogen-bond acceptors (Lipinski definition) is 2. The molecule has 0 fully saturated rings. The van der Waals surface area contributed by atoms with Gasteiger partial charge in [-0.15, -0.1) is 0 Å². The molecular formula is C10H12N2O. The van der Waals surface area contributed by atoms with Gasteiger partial charge in [-0.3, -0.25) is 9.79 Å². The molecule has 0 aliphatic heterocycles. The Morgan fingerprint density at radius 1 is 1.46 bits per heavy atom. The van der Waals surface area contributed by atoms with Crippen LogP contribution in [-0.4, -0.2) is 12.6 Å². The quantitative estimate of drug-likeness (QED) is 0.557. The largest absolute Gasteiger partial charge is 0.328 e. The molecule has 68 valence electrons. The number of hydrogen-bond donors (Lipinski definition) is 1. The molecule has 3 nitrogen and oxygen atoms in total. The third-order valence-corrected chi connectivity index (χ3v) is 1.71.